The van der Waals surface area contributed by atoms with Gasteiger partial charge in [0.2, 0.25) is 5.91 Å². The Kier molecular flexibility index (Phi) is 1.80. The highest BCUT2D eigenvalue weighted by molar-refractivity contribution is 5.97. The van der Waals surface area contributed by atoms with Gasteiger partial charge in [0.1, 0.15) is 11.6 Å². The van der Waals surface area contributed by atoms with E-state index in [1.165, 1.54) is 0 Å². The topological polar surface area (TPSA) is 54.9 Å². The van der Waals surface area contributed by atoms with Gasteiger partial charge in [-0.1, -0.05) is 20.8 Å². The van der Waals surface area contributed by atoms with E-state index in [0.29, 0.717) is 12.2 Å². The minimum Gasteiger partial charge on any atom is -0.310 e. The lowest BCUT2D eigenvalue weighted by Gasteiger charge is -2.16. The molecule has 0 bridgehead atoms. The van der Waals surface area contributed by atoms with E-state index in [2.05, 4.69) is 15.3 Å². The lowest BCUT2D eigenvalue weighted by molar-refractivity contribution is -0.115. The molecule has 0 atom stereocenters. The molecule has 2 rings (SSSR count). The maximum atomic E-state index is 11.1. The van der Waals surface area contributed by atoms with Crippen LogP contribution in [0.25, 0.3) is 0 Å². The van der Waals surface area contributed by atoms with E-state index in [-0.39, 0.29) is 11.3 Å². The van der Waals surface area contributed by atoms with Gasteiger partial charge < -0.3 is 5.32 Å². The Balaban J connectivity index is 2.43. The van der Waals surface area contributed by atoms with Crippen LogP contribution < -0.4 is 5.32 Å². The normalized spacial score (nSPS) is 15.2. The largest absolute Gasteiger partial charge is 0.310 e. The van der Waals surface area contributed by atoms with Crippen LogP contribution in [0.5, 0.6) is 0 Å². The van der Waals surface area contributed by atoms with Gasteiger partial charge in [-0.2, -0.15) is 0 Å². The number of rotatable bonds is 0. The monoisotopic (exact) mass is 191 g/mol. The summed E-state index contributed by atoms with van der Waals surface area (Å²) in [5.41, 5.74) is 0.811. The van der Waals surface area contributed by atoms with Crippen LogP contribution in [0.4, 0.5) is 5.82 Å². The fourth-order valence-electron chi connectivity index (χ4n) is 1.35. The molecule has 4 nitrogen and oxygen atoms in total. The van der Waals surface area contributed by atoms with Gasteiger partial charge in [-0.3, -0.25) is 4.79 Å². The van der Waals surface area contributed by atoms with Crippen molar-refractivity contribution in [3.8, 4) is 0 Å². The summed E-state index contributed by atoms with van der Waals surface area (Å²) in [5, 5.41) is 2.72. The minimum absolute atomic E-state index is 0.000333. The van der Waals surface area contributed by atoms with E-state index in [1.807, 2.05) is 20.8 Å². The highest BCUT2D eigenvalue weighted by atomic mass is 16.1. The van der Waals surface area contributed by atoms with E-state index in [1.54, 1.807) is 6.20 Å². The molecular weight excluding hydrogens is 178 g/mol. The lowest BCUT2D eigenvalue weighted by Crippen LogP contribution is -2.16. The number of carbonyl (C=O) groups is 1. The maximum Gasteiger partial charge on any atom is 0.230 e. The summed E-state index contributed by atoms with van der Waals surface area (Å²) < 4.78 is 0. The summed E-state index contributed by atoms with van der Waals surface area (Å²) in [4.78, 5) is 19.7. The number of hydrogen-bond acceptors (Lipinski definition) is 3. The second-order valence-corrected chi connectivity index (χ2v) is 4.54. The average molecular weight is 191 g/mol. The van der Waals surface area contributed by atoms with Crippen LogP contribution in [0, 0.1) is 0 Å². The third kappa shape index (κ3) is 1.47. The van der Waals surface area contributed by atoms with Gasteiger partial charge in [0.25, 0.3) is 0 Å². The van der Waals surface area contributed by atoms with Gasteiger partial charge in [-0.05, 0) is 0 Å². The Labute approximate surface area is 82.8 Å². The number of carbonyl (C=O) groups excluding carboxylic acids is 1. The van der Waals surface area contributed by atoms with Crippen molar-refractivity contribution in [2.75, 3.05) is 5.32 Å². The molecule has 2 heterocycles. The van der Waals surface area contributed by atoms with Gasteiger partial charge in [0, 0.05) is 17.2 Å². The number of nitrogens with zero attached hydrogens (tertiary/aromatic N) is 2. The molecule has 1 N–H and O–H groups in total. The van der Waals surface area contributed by atoms with E-state index in [0.717, 1.165) is 11.4 Å². The van der Waals surface area contributed by atoms with Gasteiger partial charge >= 0.3 is 0 Å². The summed E-state index contributed by atoms with van der Waals surface area (Å²) in [6.07, 6.45) is 2.14. The molecule has 0 aliphatic carbocycles. The fraction of sp³-hybridized carbons (Fsp3) is 0.500. The number of amides is 1. The molecule has 0 unspecified atom stereocenters. The standard InChI is InChI=1S/C10H13N3O/c1-10(2,3)9-11-5-6-4-7(14)12-8(6)13-9/h5H,4H2,1-3H3,(H,11,12,13,14). The van der Waals surface area contributed by atoms with Crippen LogP contribution in [0.3, 0.4) is 0 Å². The number of aromatic nitrogens is 2. The van der Waals surface area contributed by atoms with Crippen molar-refractivity contribution in [1.29, 1.82) is 0 Å². The summed E-state index contributed by atoms with van der Waals surface area (Å²) in [6, 6.07) is 0. The molecule has 14 heavy (non-hydrogen) atoms. The average Bonchev–Trinajstić information content (AvgIpc) is 2.41. The fourth-order valence-corrected chi connectivity index (χ4v) is 1.35. The third-order valence-corrected chi connectivity index (χ3v) is 2.14. The first kappa shape index (κ1) is 9.12. The number of nitrogens with one attached hydrogen (secondary N) is 1. The van der Waals surface area contributed by atoms with Crippen LogP contribution in [0.2, 0.25) is 0 Å². The lowest BCUT2D eigenvalue weighted by atomic mass is 9.95. The molecule has 0 fully saturated rings. The van der Waals surface area contributed by atoms with Gasteiger partial charge in [-0.15, -0.1) is 0 Å². The molecule has 4 heteroatoms. The summed E-state index contributed by atoms with van der Waals surface area (Å²) in [6.45, 7) is 6.14. The van der Waals surface area contributed by atoms with Gasteiger partial charge in [0.05, 0.1) is 6.42 Å². The zero-order valence-corrected chi connectivity index (χ0v) is 8.59. The summed E-state index contributed by atoms with van der Waals surface area (Å²) in [5.74, 6) is 1.44. The molecule has 0 radical (unpaired) electrons. The first-order valence-corrected chi connectivity index (χ1v) is 4.63. The predicted octanol–water partition coefficient (Wildman–Crippen LogP) is 1.27. The number of anilines is 1. The molecule has 1 aliphatic rings. The number of hydrogen-bond donors (Lipinski definition) is 1. The predicted molar refractivity (Wildman–Crippen MR) is 53.1 cm³/mol. The Morgan fingerprint density at radius 1 is 1.43 bits per heavy atom. The summed E-state index contributed by atoms with van der Waals surface area (Å²) in [7, 11) is 0. The highest BCUT2D eigenvalue weighted by Gasteiger charge is 2.23. The molecular formula is C10H13N3O. The quantitative estimate of drug-likeness (QED) is 0.671. The Hall–Kier alpha value is -1.45. The molecule has 1 aliphatic heterocycles. The zero-order chi connectivity index (χ0) is 10.3. The van der Waals surface area contributed by atoms with Crippen molar-refractivity contribution >= 4 is 11.7 Å². The highest BCUT2D eigenvalue weighted by Crippen LogP contribution is 2.24. The van der Waals surface area contributed by atoms with E-state index < -0.39 is 0 Å². The zero-order valence-electron chi connectivity index (χ0n) is 8.59. The SMILES string of the molecule is CC(C)(C)c1ncc2c(n1)NC(=O)C2. The van der Waals surface area contributed by atoms with Crippen LogP contribution in [0.15, 0.2) is 6.20 Å². The van der Waals surface area contributed by atoms with Crippen LogP contribution in [-0.2, 0) is 16.6 Å². The van der Waals surface area contributed by atoms with Crippen molar-refractivity contribution < 1.29 is 4.79 Å². The Bertz CT molecular complexity index is 393. The van der Waals surface area contributed by atoms with Gasteiger partial charge in [-0.25, -0.2) is 9.97 Å². The van der Waals surface area contributed by atoms with Crippen molar-refractivity contribution in [2.45, 2.75) is 32.6 Å². The molecule has 0 saturated heterocycles. The van der Waals surface area contributed by atoms with Crippen LogP contribution in [0.1, 0.15) is 32.2 Å². The first-order chi connectivity index (χ1) is 6.47. The molecule has 74 valence electrons. The smallest absolute Gasteiger partial charge is 0.230 e. The molecule has 0 aromatic carbocycles. The molecule has 1 aromatic heterocycles. The van der Waals surface area contributed by atoms with Crippen molar-refractivity contribution in [2.24, 2.45) is 0 Å². The molecule has 0 spiro atoms. The molecule has 1 aromatic rings. The second kappa shape index (κ2) is 2.77. The maximum absolute atomic E-state index is 11.1. The van der Waals surface area contributed by atoms with Crippen molar-refractivity contribution in [3.63, 3.8) is 0 Å². The van der Waals surface area contributed by atoms with E-state index >= 15 is 0 Å². The molecule has 0 saturated carbocycles. The van der Waals surface area contributed by atoms with Crippen molar-refractivity contribution in [1.82, 2.24) is 9.97 Å². The van der Waals surface area contributed by atoms with Crippen molar-refractivity contribution in [3.05, 3.63) is 17.6 Å². The van der Waals surface area contributed by atoms with Crippen LogP contribution in [-0.4, -0.2) is 15.9 Å². The Morgan fingerprint density at radius 2 is 2.14 bits per heavy atom. The Morgan fingerprint density at radius 3 is 2.79 bits per heavy atom. The van der Waals surface area contributed by atoms with E-state index in [4.69, 9.17) is 0 Å². The third-order valence-electron chi connectivity index (χ3n) is 2.14. The second-order valence-electron chi connectivity index (χ2n) is 4.54. The summed E-state index contributed by atoms with van der Waals surface area (Å²) >= 11 is 0. The van der Waals surface area contributed by atoms with Gasteiger partial charge in [0.15, 0.2) is 0 Å². The number of fused-ring (bicyclic) bond motifs is 1. The minimum atomic E-state index is -0.0810. The molecule has 1 amide bonds. The van der Waals surface area contributed by atoms with Crippen LogP contribution >= 0.6 is 0 Å². The first-order valence-electron chi connectivity index (χ1n) is 4.63. The van der Waals surface area contributed by atoms with E-state index in [9.17, 15) is 4.79 Å².